The minimum absolute atomic E-state index is 0.00312. The molecule has 0 unspecified atom stereocenters. The second-order valence-corrected chi connectivity index (χ2v) is 33.7. The SMILES string of the molecule is CC(C)[Si]1(C(C)C)O[C@]2(C)C(=O)N3[C@H]4Cc5ccccc5[C@@]4(C[C@]45C[C@]67O[Si](C(C)C)(C(C)C)O[C@](C)(C(=O)N6[C@H]4N(S(=O)(=O)c4ccccc4)c4ccccc45)N(CCCCN=[N+]=[N-])C7=O)C[C@@]3(O1)C(=O)N2C. The third-order valence-corrected chi connectivity index (χ3v) is 29.5. The van der Waals surface area contributed by atoms with Gasteiger partial charge in [0.1, 0.15) is 6.17 Å². The van der Waals surface area contributed by atoms with Crippen molar-refractivity contribution in [3.8, 4) is 0 Å². The van der Waals surface area contributed by atoms with Crippen molar-refractivity contribution in [3.63, 3.8) is 0 Å². The largest absolute Gasteiger partial charge is 0.362 e. The van der Waals surface area contributed by atoms with Gasteiger partial charge in [-0.3, -0.25) is 29.0 Å². The number of anilines is 1. The molecule has 13 rings (SSSR count). The number of carbonyl (C=O) groups is 4. The standard InChI is InChI=1S/C53H68N8O10SSi2/c1-33(2)73(34(3)4)68-48(9)44(62)59-42-29-37-21-15-16-24-39(37)50(42,31-52(59,70-73)46(64)57(48)11)30-51-32-53-47(65)58(28-20-19-27-55-56-54)49(10,69-74(71-53,35(5)6)36(7)8)45(63)60(53)43(51)61(41-26-18-17-25-40(41)51)72(66,67)38-22-13-12-14-23-38/h12-18,21-26,33-36,42-43H,19-20,27-32H2,1-11H3/t42-,43-,48+,49+,50+,51+,52+,53+/m0/s1. The smallest absolute Gasteiger partial charge is 0.347 e. The van der Waals surface area contributed by atoms with E-state index in [1.54, 1.807) is 56.1 Å². The summed E-state index contributed by atoms with van der Waals surface area (Å²) >= 11 is 0. The fourth-order valence-electron chi connectivity index (χ4n) is 15.2. The van der Waals surface area contributed by atoms with Crippen molar-refractivity contribution >= 4 is 56.5 Å². The van der Waals surface area contributed by atoms with Crippen LogP contribution < -0.4 is 4.31 Å². The van der Waals surface area contributed by atoms with Crippen molar-refractivity contribution in [2.45, 2.75) is 181 Å². The lowest BCUT2D eigenvalue weighted by atomic mass is 9.61. The number of para-hydroxylation sites is 1. The molecular weight excluding hydrogens is 997 g/mol. The lowest BCUT2D eigenvalue weighted by Gasteiger charge is -2.51. The zero-order chi connectivity index (χ0) is 53.1. The Balaban J connectivity index is 1.21. The van der Waals surface area contributed by atoms with Gasteiger partial charge in [0.2, 0.25) is 22.9 Å². The molecular formula is C53H68N8O10SSi2. The second-order valence-electron chi connectivity index (χ2n) is 23.6. The number of rotatable bonds is 13. The first-order valence-electron chi connectivity index (χ1n) is 26.2. The highest BCUT2D eigenvalue weighted by Crippen LogP contribution is 2.71. The van der Waals surface area contributed by atoms with Crippen molar-refractivity contribution in [1.29, 1.82) is 0 Å². The Morgan fingerprint density at radius 2 is 1.22 bits per heavy atom. The molecule has 0 saturated carbocycles. The van der Waals surface area contributed by atoms with E-state index in [1.807, 2.05) is 85.7 Å². The number of amides is 4. The quantitative estimate of drug-likeness (QED) is 0.0530. The Morgan fingerprint density at radius 1 is 0.676 bits per heavy atom. The molecule has 10 aliphatic rings. The Morgan fingerprint density at radius 3 is 1.84 bits per heavy atom. The summed E-state index contributed by atoms with van der Waals surface area (Å²) in [4.78, 5) is 73.6. The number of sulfonamides is 1. The fraction of sp³-hybridized carbons (Fsp3) is 0.585. The van der Waals surface area contributed by atoms with E-state index in [0.29, 0.717) is 30.5 Å². The Hall–Kier alpha value is -5.13. The molecule has 394 valence electrons. The minimum Gasteiger partial charge on any atom is -0.362 e. The molecule has 18 nitrogen and oxygen atoms in total. The third kappa shape index (κ3) is 6.11. The van der Waals surface area contributed by atoms with E-state index >= 15 is 27.6 Å². The summed E-state index contributed by atoms with van der Waals surface area (Å²) in [5, 5.41) is 3.73. The van der Waals surface area contributed by atoms with Crippen molar-refractivity contribution in [3.05, 3.63) is 106 Å². The van der Waals surface area contributed by atoms with Gasteiger partial charge in [0.05, 0.1) is 10.6 Å². The molecule has 8 saturated heterocycles. The van der Waals surface area contributed by atoms with Gasteiger partial charge in [-0.05, 0) is 102 Å². The van der Waals surface area contributed by atoms with Crippen LogP contribution in [0, 0.1) is 0 Å². The van der Waals surface area contributed by atoms with Crippen LogP contribution in [-0.2, 0) is 64.2 Å². The van der Waals surface area contributed by atoms with E-state index in [9.17, 15) is 0 Å². The van der Waals surface area contributed by atoms with Crippen LogP contribution in [0.15, 0.2) is 88.9 Å². The van der Waals surface area contributed by atoms with Crippen LogP contribution in [0.3, 0.4) is 0 Å². The zero-order valence-electron chi connectivity index (χ0n) is 44.2. The number of unbranched alkanes of at least 4 members (excludes halogenated alkanes) is 1. The first-order valence-corrected chi connectivity index (χ1v) is 31.6. The number of carbonyl (C=O) groups excluding carboxylic acids is 4. The highest BCUT2D eigenvalue weighted by molar-refractivity contribution is 7.93. The molecule has 8 fully saturated rings. The number of likely N-dealkylation sites (N-methyl/N-ethyl adjacent to an activating group) is 1. The first-order chi connectivity index (χ1) is 34.9. The van der Waals surface area contributed by atoms with Gasteiger partial charge >= 0.3 is 17.1 Å². The summed E-state index contributed by atoms with van der Waals surface area (Å²) in [6.45, 7) is 19.6. The number of hydrogen-bond donors (Lipinski definition) is 0. The minimum atomic E-state index is -4.58. The summed E-state index contributed by atoms with van der Waals surface area (Å²) in [7, 11) is -10.2. The van der Waals surface area contributed by atoms with Crippen molar-refractivity contribution in [1.82, 2.24) is 19.6 Å². The van der Waals surface area contributed by atoms with Gasteiger partial charge in [-0.1, -0.05) is 121 Å². The summed E-state index contributed by atoms with van der Waals surface area (Å²) in [6.07, 6.45) is -0.400. The summed E-state index contributed by atoms with van der Waals surface area (Å²) in [5.41, 5.74) is 0.681. The van der Waals surface area contributed by atoms with Crippen LogP contribution in [-0.4, -0.2) is 124 Å². The highest BCUT2D eigenvalue weighted by atomic mass is 32.2. The van der Waals surface area contributed by atoms with Gasteiger partial charge < -0.3 is 27.5 Å². The van der Waals surface area contributed by atoms with Gasteiger partial charge in [0, 0.05) is 54.8 Å². The van der Waals surface area contributed by atoms with Crippen LogP contribution in [0.2, 0.25) is 22.2 Å². The molecule has 2 spiro atoms. The number of benzene rings is 3. The molecule has 8 atom stereocenters. The summed E-state index contributed by atoms with van der Waals surface area (Å²) in [6, 6.07) is 22.7. The van der Waals surface area contributed by atoms with Crippen molar-refractivity contribution < 1.29 is 45.3 Å². The van der Waals surface area contributed by atoms with Gasteiger partial charge in [-0.25, -0.2) is 12.7 Å². The topological polar surface area (TPSA) is 204 Å². The van der Waals surface area contributed by atoms with E-state index in [0.717, 1.165) is 11.1 Å². The van der Waals surface area contributed by atoms with Gasteiger partial charge in [0.25, 0.3) is 33.7 Å². The number of piperazine rings is 2. The number of fused-ring (bicyclic) bond motifs is 12. The van der Waals surface area contributed by atoms with E-state index in [1.165, 1.54) is 31.1 Å². The Labute approximate surface area is 435 Å². The number of hydrogen-bond acceptors (Lipinski definition) is 11. The average molecular weight is 1070 g/mol. The molecule has 0 N–H and O–H groups in total. The van der Waals surface area contributed by atoms with Crippen LogP contribution >= 0.6 is 0 Å². The second kappa shape index (κ2) is 16.4. The van der Waals surface area contributed by atoms with Crippen molar-refractivity contribution in [2.24, 2.45) is 5.11 Å². The molecule has 0 aromatic heterocycles. The predicted octanol–water partition coefficient (Wildman–Crippen LogP) is 8.02. The normalized spacial score (nSPS) is 34.1. The highest BCUT2D eigenvalue weighted by Gasteiger charge is 2.85. The van der Waals surface area contributed by atoms with Crippen molar-refractivity contribution in [2.75, 3.05) is 24.4 Å². The molecule has 1 aliphatic carbocycles. The Bertz CT molecular complexity index is 3050. The number of azide groups is 1. The van der Waals surface area contributed by atoms with E-state index in [2.05, 4.69) is 16.1 Å². The maximum Gasteiger partial charge on any atom is 0.347 e. The zero-order valence-corrected chi connectivity index (χ0v) is 47.0. The van der Waals surface area contributed by atoms with Crippen LogP contribution in [0.1, 0.15) is 118 Å². The van der Waals surface area contributed by atoms with E-state index < -0.39 is 90.8 Å². The summed E-state index contributed by atoms with van der Waals surface area (Å²) in [5.74, 6) is -1.92. The fourth-order valence-corrected chi connectivity index (χ4v) is 24.8. The maximum atomic E-state index is 16.6. The first kappa shape index (κ1) is 51.0. The maximum absolute atomic E-state index is 16.6. The molecule has 4 amide bonds. The predicted molar refractivity (Wildman–Crippen MR) is 277 cm³/mol. The molecule has 3 aromatic rings. The monoisotopic (exact) mass is 1060 g/mol. The van der Waals surface area contributed by atoms with E-state index in [-0.39, 0.29) is 65.3 Å². The molecule has 9 heterocycles. The van der Waals surface area contributed by atoms with Gasteiger partial charge in [0.15, 0.2) is 0 Å². The molecule has 74 heavy (non-hydrogen) atoms. The van der Waals surface area contributed by atoms with Crippen LogP contribution in [0.5, 0.6) is 0 Å². The Kier molecular flexibility index (Phi) is 11.3. The molecule has 4 bridgehead atoms. The van der Waals surface area contributed by atoms with Crippen LogP contribution in [0.25, 0.3) is 10.4 Å². The lowest BCUT2D eigenvalue weighted by molar-refractivity contribution is -0.205. The van der Waals surface area contributed by atoms with Gasteiger partial charge in [-0.2, -0.15) is 0 Å². The molecule has 3 aromatic carbocycles. The van der Waals surface area contributed by atoms with Crippen LogP contribution in [0.4, 0.5) is 5.69 Å². The lowest BCUT2D eigenvalue weighted by Crippen LogP contribution is -2.75. The third-order valence-electron chi connectivity index (χ3n) is 18.5. The molecule has 21 heteroatoms. The molecule has 0 radical (unpaired) electrons. The molecule has 9 aliphatic heterocycles. The van der Waals surface area contributed by atoms with Gasteiger partial charge in [-0.15, -0.1) is 0 Å². The summed E-state index contributed by atoms with van der Waals surface area (Å²) < 4.78 is 63.0. The number of nitrogens with zero attached hydrogens (tertiary/aromatic N) is 8. The van der Waals surface area contributed by atoms with E-state index in [4.69, 9.17) is 23.2 Å². The average Bonchev–Trinajstić information content (AvgIpc) is 3.93.